The van der Waals surface area contributed by atoms with Crippen LogP contribution in [-0.2, 0) is 20.9 Å². The van der Waals surface area contributed by atoms with E-state index in [4.69, 9.17) is 9.47 Å². The Morgan fingerprint density at radius 1 is 1.00 bits per heavy atom. The lowest BCUT2D eigenvalue weighted by Gasteiger charge is -2.05. The maximum absolute atomic E-state index is 11.8. The number of esters is 2. The van der Waals surface area contributed by atoms with Gasteiger partial charge in [0.1, 0.15) is 12.4 Å². The van der Waals surface area contributed by atoms with Crippen molar-refractivity contribution in [3.05, 3.63) is 71.3 Å². The highest BCUT2D eigenvalue weighted by Crippen LogP contribution is 2.18. The average molecular weight is 326 g/mol. The smallest absolute Gasteiger partial charge is 0.337 e. The van der Waals surface area contributed by atoms with Crippen LogP contribution in [0.5, 0.6) is 5.75 Å². The number of hydrogen-bond donors (Lipinski definition) is 0. The van der Waals surface area contributed by atoms with Crippen molar-refractivity contribution in [2.24, 2.45) is 0 Å². The zero-order valence-electron chi connectivity index (χ0n) is 13.5. The first-order valence-corrected chi connectivity index (χ1v) is 7.29. The molecule has 5 nitrogen and oxygen atoms in total. The van der Waals surface area contributed by atoms with Crippen molar-refractivity contribution in [2.45, 2.75) is 6.61 Å². The highest BCUT2D eigenvalue weighted by atomic mass is 16.5. The first-order valence-electron chi connectivity index (χ1n) is 7.29. The van der Waals surface area contributed by atoms with Crippen LogP contribution in [0.2, 0.25) is 0 Å². The molecule has 0 aliphatic rings. The highest BCUT2D eigenvalue weighted by Gasteiger charge is 2.05. The van der Waals surface area contributed by atoms with E-state index < -0.39 is 11.9 Å². The first kappa shape index (κ1) is 17.3. The summed E-state index contributed by atoms with van der Waals surface area (Å²) in [5.41, 5.74) is 2.02. The van der Waals surface area contributed by atoms with Gasteiger partial charge in [-0.2, -0.15) is 0 Å². The van der Waals surface area contributed by atoms with Gasteiger partial charge in [-0.1, -0.05) is 30.3 Å². The molecule has 0 fully saturated rings. The van der Waals surface area contributed by atoms with E-state index in [-0.39, 0.29) is 6.61 Å². The fourth-order valence-corrected chi connectivity index (χ4v) is 2.02. The van der Waals surface area contributed by atoms with Crippen LogP contribution in [0.15, 0.2) is 54.6 Å². The van der Waals surface area contributed by atoms with Gasteiger partial charge in [0, 0.05) is 11.6 Å². The number of benzene rings is 2. The molecule has 2 aromatic rings. The van der Waals surface area contributed by atoms with Gasteiger partial charge in [-0.25, -0.2) is 9.59 Å². The van der Waals surface area contributed by atoms with Crippen LogP contribution in [0.25, 0.3) is 6.08 Å². The number of methoxy groups -OCH3 is 2. The van der Waals surface area contributed by atoms with Crippen molar-refractivity contribution in [1.82, 2.24) is 0 Å². The third-order valence-corrected chi connectivity index (χ3v) is 3.29. The summed E-state index contributed by atoms with van der Waals surface area (Å²) >= 11 is 0. The molecule has 2 aromatic carbocycles. The molecule has 0 saturated heterocycles. The van der Waals surface area contributed by atoms with E-state index in [1.165, 1.54) is 13.2 Å². The summed E-state index contributed by atoms with van der Waals surface area (Å²) in [6.45, 7) is 0.122. The molecule has 24 heavy (non-hydrogen) atoms. The Morgan fingerprint density at radius 2 is 1.71 bits per heavy atom. The lowest BCUT2D eigenvalue weighted by Crippen LogP contribution is -2.03. The van der Waals surface area contributed by atoms with Gasteiger partial charge in [0.15, 0.2) is 0 Å². The molecule has 0 aliphatic heterocycles. The van der Waals surface area contributed by atoms with Gasteiger partial charge in [0.05, 0.1) is 19.8 Å². The first-order chi connectivity index (χ1) is 11.6. The normalized spacial score (nSPS) is 10.4. The molecule has 2 rings (SSSR count). The lowest BCUT2D eigenvalue weighted by molar-refractivity contribution is -0.138. The molecule has 0 N–H and O–H groups in total. The second-order valence-electron chi connectivity index (χ2n) is 4.87. The van der Waals surface area contributed by atoms with Crippen LogP contribution in [0.1, 0.15) is 21.5 Å². The number of ether oxygens (including phenoxy) is 3. The van der Waals surface area contributed by atoms with Crippen molar-refractivity contribution >= 4 is 18.0 Å². The summed E-state index contributed by atoms with van der Waals surface area (Å²) in [7, 11) is 2.90. The largest absolute Gasteiger partial charge is 0.496 e. The monoisotopic (exact) mass is 326 g/mol. The van der Waals surface area contributed by atoms with Gasteiger partial charge in [-0.05, 0) is 29.8 Å². The minimum absolute atomic E-state index is 0.122. The number of carbonyl (C=O) groups is 2. The van der Waals surface area contributed by atoms with Gasteiger partial charge in [-0.15, -0.1) is 0 Å². The summed E-state index contributed by atoms with van der Waals surface area (Å²) in [5.74, 6) is -0.184. The van der Waals surface area contributed by atoms with E-state index in [0.717, 1.165) is 11.1 Å². The zero-order chi connectivity index (χ0) is 17.4. The molecule has 124 valence electrons. The molecule has 0 saturated carbocycles. The van der Waals surface area contributed by atoms with E-state index >= 15 is 0 Å². The third kappa shape index (κ3) is 4.71. The summed E-state index contributed by atoms with van der Waals surface area (Å²) in [5, 5.41) is 0. The number of carbonyl (C=O) groups excluding carboxylic acids is 2. The molecule has 0 bridgehead atoms. The molecule has 0 unspecified atom stereocenters. The molecule has 0 heterocycles. The molecule has 0 aliphatic carbocycles. The summed E-state index contributed by atoms with van der Waals surface area (Å²) < 4.78 is 15.0. The predicted molar refractivity (Wildman–Crippen MR) is 89.6 cm³/mol. The molecule has 0 atom stereocenters. The fourth-order valence-electron chi connectivity index (χ4n) is 2.02. The van der Waals surface area contributed by atoms with Crippen LogP contribution in [0, 0.1) is 0 Å². The molecular formula is C19H18O5. The maximum Gasteiger partial charge on any atom is 0.337 e. The van der Waals surface area contributed by atoms with Crippen molar-refractivity contribution in [3.63, 3.8) is 0 Å². The zero-order valence-corrected chi connectivity index (χ0v) is 13.5. The minimum atomic E-state index is -0.460. The Bertz CT molecular complexity index is 732. The van der Waals surface area contributed by atoms with Gasteiger partial charge in [0.25, 0.3) is 0 Å². The number of para-hydroxylation sites is 1. The van der Waals surface area contributed by atoms with Gasteiger partial charge < -0.3 is 14.2 Å². The second kappa shape index (κ2) is 8.53. The molecule has 5 heteroatoms. The second-order valence-corrected chi connectivity index (χ2v) is 4.87. The van der Waals surface area contributed by atoms with E-state index in [0.29, 0.717) is 11.3 Å². The van der Waals surface area contributed by atoms with Crippen molar-refractivity contribution < 1.29 is 23.8 Å². The van der Waals surface area contributed by atoms with Crippen molar-refractivity contribution in [1.29, 1.82) is 0 Å². The van der Waals surface area contributed by atoms with Crippen LogP contribution in [0.3, 0.4) is 0 Å². The van der Waals surface area contributed by atoms with Crippen LogP contribution >= 0.6 is 0 Å². The molecule has 0 aromatic heterocycles. The van der Waals surface area contributed by atoms with E-state index in [1.807, 2.05) is 24.3 Å². The van der Waals surface area contributed by atoms with E-state index in [2.05, 4.69) is 4.74 Å². The van der Waals surface area contributed by atoms with Crippen molar-refractivity contribution in [3.8, 4) is 5.75 Å². The van der Waals surface area contributed by atoms with Gasteiger partial charge >= 0.3 is 11.9 Å². The van der Waals surface area contributed by atoms with Crippen LogP contribution in [-0.4, -0.2) is 26.2 Å². The predicted octanol–water partition coefficient (Wildman–Crippen LogP) is 3.24. The highest BCUT2D eigenvalue weighted by molar-refractivity contribution is 5.89. The Morgan fingerprint density at radius 3 is 2.38 bits per heavy atom. The Labute approximate surface area is 140 Å². The van der Waals surface area contributed by atoms with E-state index in [9.17, 15) is 9.59 Å². The van der Waals surface area contributed by atoms with Crippen LogP contribution in [0.4, 0.5) is 0 Å². The SMILES string of the molecule is COC(=O)c1ccc(COC(=O)/C=C/c2ccccc2OC)cc1. The molecule has 0 amide bonds. The van der Waals surface area contributed by atoms with Crippen LogP contribution < -0.4 is 4.74 Å². The topological polar surface area (TPSA) is 61.8 Å². The average Bonchev–Trinajstić information content (AvgIpc) is 2.64. The number of hydrogen-bond acceptors (Lipinski definition) is 5. The molecular weight excluding hydrogens is 308 g/mol. The fraction of sp³-hybridized carbons (Fsp3) is 0.158. The van der Waals surface area contributed by atoms with Gasteiger partial charge in [-0.3, -0.25) is 0 Å². The summed E-state index contributed by atoms with van der Waals surface area (Å²) in [6, 6.07) is 14.0. The molecule has 0 radical (unpaired) electrons. The molecule has 0 spiro atoms. The summed E-state index contributed by atoms with van der Waals surface area (Å²) in [4.78, 5) is 23.1. The van der Waals surface area contributed by atoms with Crippen molar-refractivity contribution in [2.75, 3.05) is 14.2 Å². The quantitative estimate of drug-likeness (QED) is 0.602. The standard InChI is InChI=1S/C19H18O5/c1-22-17-6-4-3-5-15(17)11-12-18(20)24-13-14-7-9-16(10-8-14)19(21)23-2/h3-12H,13H2,1-2H3/b12-11+. The minimum Gasteiger partial charge on any atom is -0.496 e. The van der Waals surface area contributed by atoms with E-state index in [1.54, 1.807) is 37.5 Å². The third-order valence-electron chi connectivity index (χ3n) is 3.29. The number of rotatable bonds is 6. The van der Waals surface area contributed by atoms with Gasteiger partial charge in [0.2, 0.25) is 0 Å². The summed E-state index contributed by atoms with van der Waals surface area (Å²) in [6.07, 6.45) is 2.99. The Kier molecular flexibility index (Phi) is 6.14. The lowest BCUT2D eigenvalue weighted by atomic mass is 10.1. The Balaban J connectivity index is 1.91. The maximum atomic E-state index is 11.8. The Hall–Kier alpha value is -3.08.